The Balaban J connectivity index is 2.26. The largest absolute Gasteiger partial charge is 0.396 e. The van der Waals surface area contributed by atoms with E-state index in [0.29, 0.717) is 25.8 Å². The van der Waals surface area contributed by atoms with E-state index in [-0.39, 0.29) is 18.3 Å². The van der Waals surface area contributed by atoms with E-state index in [0.717, 1.165) is 5.56 Å². The van der Waals surface area contributed by atoms with Crippen LogP contribution in [0.3, 0.4) is 0 Å². The smallest absolute Gasteiger partial charge is 0.220 e. The molecule has 0 aliphatic rings. The minimum Gasteiger partial charge on any atom is -0.396 e. The van der Waals surface area contributed by atoms with Crippen molar-refractivity contribution in [3.63, 3.8) is 0 Å². The molecule has 0 aromatic heterocycles. The summed E-state index contributed by atoms with van der Waals surface area (Å²) in [6, 6.07) is 6.24. The predicted octanol–water partition coefficient (Wildman–Crippen LogP) is 1.26. The SMILES string of the molecule is O=C(CCc1cccc(F)c1)NCCCO. The van der Waals surface area contributed by atoms with E-state index < -0.39 is 0 Å². The lowest BCUT2D eigenvalue weighted by molar-refractivity contribution is -0.121. The van der Waals surface area contributed by atoms with Gasteiger partial charge in [-0.15, -0.1) is 0 Å². The summed E-state index contributed by atoms with van der Waals surface area (Å²) in [5.74, 6) is -0.351. The van der Waals surface area contributed by atoms with Crippen molar-refractivity contribution >= 4 is 5.91 Å². The maximum absolute atomic E-state index is 12.8. The van der Waals surface area contributed by atoms with Gasteiger partial charge in [0.1, 0.15) is 5.82 Å². The van der Waals surface area contributed by atoms with E-state index in [2.05, 4.69) is 5.32 Å². The number of carbonyl (C=O) groups excluding carboxylic acids is 1. The highest BCUT2D eigenvalue weighted by atomic mass is 19.1. The van der Waals surface area contributed by atoms with Crippen LogP contribution >= 0.6 is 0 Å². The number of aryl methyl sites for hydroxylation is 1. The first-order valence-corrected chi connectivity index (χ1v) is 5.34. The van der Waals surface area contributed by atoms with Gasteiger partial charge in [0, 0.05) is 19.6 Å². The van der Waals surface area contributed by atoms with E-state index in [1.54, 1.807) is 12.1 Å². The molecule has 1 amide bonds. The van der Waals surface area contributed by atoms with Crippen molar-refractivity contribution in [3.05, 3.63) is 35.6 Å². The number of hydrogen-bond acceptors (Lipinski definition) is 2. The third-order valence-corrected chi connectivity index (χ3v) is 2.19. The van der Waals surface area contributed by atoms with Gasteiger partial charge in [0.25, 0.3) is 0 Å². The standard InChI is InChI=1S/C12H16FNO2/c13-11-4-1-3-10(9-11)5-6-12(16)14-7-2-8-15/h1,3-4,9,15H,2,5-8H2,(H,14,16). The van der Waals surface area contributed by atoms with Gasteiger partial charge in [0.05, 0.1) is 0 Å². The zero-order chi connectivity index (χ0) is 11.8. The molecule has 0 bridgehead atoms. The number of aliphatic hydroxyl groups excluding tert-OH is 1. The number of benzene rings is 1. The number of nitrogens with one attached hydrogen (secondary N) is 1. The van der Waals surface area contributed by atoms with Crippen molar-refractivity contribution in [1.29, 1.82) is 0 Å². The Bertz CT molecular complexity index is 342. The molecule has 0 unspecified atom stereocenters. The highest BCUT2D eigenvalue weighted by Gasteiger charge is 2.02. The van der Waals surface area contributed by atoms with Gasteiger partial charge in [-0.1, -0.05) is 12.1 Å². The molecule has 1 rings (SSSR count). The van der Waals surface area contributed by atoms with Crippen LogP contribution in [0.2, 0.25) is 0 Å². The number of aliphatic hydroxyl groups is 1. The number of rotatable bonds is 6. The molecular formula is C12H16FNO2. The van der Waals surface area contributed by atoms with E-state index in [1.165, 1.54) is 12.1 Å². The lowest BCUT2D eigenvalue weighted by Crippen LogP contribution is -2.25. The van der Waals surface area contributed by atoms with Crippen molar-refractivity contribution in [2.24, 2.45) is 0 Å². The fourth-order valence-electron chi connectivity index (χ4n) is 1.35. The first-order valence-electron chi connectivity index (χ1n) is 5.34. The molecule has 0 spiro atoms. The monoisotopic (exact) mass is 225 g/mol. The fraction of sp³-hybridized carbons (Fsp3) is 0.417. The lowest BCUT2D eigenvalue weighted by Gasteiger charge is -2.04. The lowest BCUT2D eigenvalue weighted by atomic mass is 10.1. The zero-order valence-corrected chi connectivity index (χ0v) is 9.08. The second kappa shape index (κ2) is 6.95. The number of carbonyl (C=O) groups is 1. The van der Waals surface area contributed by atoms with Crippen LogP contribution in [0.15, 0.2) is 24.3 Å². The molecule has 0 fully saturated rings. The quantitative estimate of drug-likeness (QED) is 0.716. The van der Waals surface area contributed by atoms with Gasteiger partial charge in [0.2, 0.25) is 5.91 Å². The first kappa shape index (κ1) is 12.6. The van der Waals surface area contributed by atoms with Crippen molar-refractivity contribution in [3.8, 4) is 0 Å². The maximum Gasteiger partial charge on any atom is 0.220 e. The molecule has 88 valence electrons. The van der Waals surface area contributed by atoms with Gasteiger partial charge < -0.3 is 10.4 Å². The normalized spacial score (nSPS) is 10.1. The van der Waals surface area contributed by atoms with Crippen LogP contribution in [-0.2, 0) is 11.2 Å². The fourth-order valence-corrected chi connectivity index (χ4v) is 1.35. The van der Waals surface area contributed by atoms with Gasteiger partial charge >= 0.3 is 0 Å². The Kier molecular flexibility index (Phi) is 5.50. The summed E-state index contributed by atoms with van der Waals surface area (Å²) in [7, 11) is 0. The molecule has 0 saturated carbocycles. The highest BCUT2D eigenvalue weighted by molar-refractivity contribution is 5.76. The second-order valence-electron chi connectivity index (χ2n) is 3.56. The minimum atomic E-state index is -0.279. The second-order valence-corrected chi connectivity index (χ2v) is 3.56. The molecule has 0 radical (unpaired) electrons. The Morgan fingerprint density at radius 3 is 2.94 bits per heavy atom. The molecule has 0 saturated heterocycles. The van der Waals surface area contributed by atoms with E-state index in [1.807, 2.05) is 0 Å². The number of hydrogen-bond donors (Lipinski definition) is 2. The molecule has 4 heteroatoms. The predicted molar refractivity (Wildman–Crippen MR) is 59.4 cm³/mol. The summed E-state index contributed by atoms with van der Waals surface area (Å²) < 4.78 is 12.8. The Morgan fingerprint density at radius 1 is 1.44 bits per heavy atom. The summed E-state index contributed by atoms with van der Waals surface area (Å²) in [4.78, 5) is 11.3. The molecule has 0 atom stereocenters. The summed E-state index contributed by atoms with van der Waals surface area (Å²) in [5.41, 5.74) is 0.817. The number of amides is 1. The van der Waals surface area contributed by atoms with Crippen LogP contribution in [0.5, 0.6) is 0 Å². The molecule has 0 aliphatic carbocycles. The topological polar surface area (TPSA) is 49.3 Å². The van der Waals surface area contributed by atoms with Gasteiger partial charge in [-0.05, 0) is 30.5 Å². The highest BCUT2D eigenvalue weighted by Crippen LogP contribution is 2.05. The van der Waals surface area contributed by atoms with Crippen LogP contribution in [0.4, 0.5) is 4.39 Å². The van der Waals surface area contributed by atoms with Crippen LogP contribution in [0.1, 0.15) is 18.4 Å². The molecule has 16 heavy (non-hydrogen) atoms. The first-order chi connectivity index (χ1) is 7.72. The minimum absolute atomic E-state index is 0.0716. The van der Waals surface area contributed by atoms with Crippen molar-refractivity contribution < 1.29 is 14.3 Å². The summed E-state index contributed by atoms with van der Waals surface area (Å²) in [6.45, 7) is 0.558. The van der Waals surface area contributed by atoms with Crippen LogP contribution < -0.4 is 5.32 Å². The van der Waals surface area contributed by atoms with Crippen molar-refractivity contribution in [2.45, 2.75) is 19.3 Å². The van der Waals surface area contributed by atoms with Crippen molar-refractivity contribution in [2.75, 3.05) is 13.2 Å². The molecule has 1 aromatic rings. The van der Waals surface area contributed by atoms with E-state index in [4.69, 9.17) is 5.11 Å². The molecule has 3 nitrogen and oxygen atoms in total. The van der Waals surface area contributed by atoms with Gasteiger partial charge in [0.15, 0.2) is 0 Å². The van der Waals surface area contributed by atoms with Crippen LogP contribution in [-0.4, -0.2) is 24.2 Å². The summed E-state index contributed by atoms with van der Waals surface area (Å²) in [6.07, 6.45) is 1.43. The molecular weight excluding hydrogens is 209 g/mol. The average Bonchev–Trinajstić information content (AvgIpc) is 2.27. The van der Waals surface area contributed by atoms with Crippen LogP contribution in [0.25, 0.3) is 0 Å². The third kappa shape index (κ3) is 4.89. The van der Waals surface area contributed by atoms with Gasteiger partial charge in [-0.3, -0.25) is 4.79 Å². The summed E-state index contributed by atoms with van der Waals surface area (Å²) in [5, 5.41) is 11.2. The molecule has 2 N–H and O–H groups in total. The number of halogens is 1. The van der Waals surface area contributed by atoms with Gasteiger partial charge in [-0.2, -0.15) is 0 Å². The average molecular weight is 225 g/mol. The van der Waals surface area contributed by atoms with E-state index >= 15 is 0 Å². The Morgan fingerprint density at radius 2 is 2.25 bits per heavy atom. The zero-order valence-electron chi connectivity index (χ0n) is 9.08. The Hall–Kier alpha value is -1.42. The van der Waals surface area contributed by atoms with Crippen LogP contribution in [0, 0.1) is 5.82 Å². The third-order valence-electron chi connectivity index (χ3n) is 2.19. The van der Waals surface area contributed by atoms with Crippen molar-refractivity contribution in [1.82, 2.24) is 5.32 Å². The van der Waals surface area contributed by atoms with E-state index in [9.17, 15) is 9.18 Å². The molecule has 0 aliphatic heterocycles. The molecule has 1 aromatic carbocycles. The van der Waals surface area contributed by atoms with Gasteiger partial charge in [-0.25, -0.2) is 4.39 Å². The Labute approximate surface area is 94.3 Å². The molecule has 0 heterocycles. The summed E-state index contributed by atoms with van der Waals surface area (Å²) >= 11 is 0. The maximum atomic E-state index is 12.8.